The second-order valence-corrected chi connectivity index (χ2v) is 6.63. The maximum absolute atomic E-state index is 12.5. The highest BCUT2D eigenvalue weighted by Gasteiger charge is 2.13. The summed E-state index contributed by atoms with van der Waals surface area (Å²) in [5.41, 5.74) is 1.82. The second kappa shape index (κ2) is 5.61. The van der Waals surface area contributed by atoms with Crippen molar-refractivity contribution in [3.63, 3.8) is 0 Å². The van der Waals surface area contributed by atoms with E-state index in [0.29, 0.717) is 16.7 Å². The molecule has 1 saturated heterocycles. The highest BCUT2D eigenvalue weighted by Crippen LogP contribution is 2.28. The molecular weight excluding hydrogens is 294 g/mol. The molecule has 1 aliphatic rings. The Kier molecular flexibility index (Phi) is 3.47. The molecule has 4 rings (SSSR count). The number of benzene rings is 1. The molecule has 0 bridgehead atoms. The number of hydrogen-bond acceptors (Lipinski definition) is 4. The summed E-state index contributed by atoms with van der Waals surface area (Å²) in [6.07, 6.45) is 3.75. The summed E-state index contributed by atoms with van der Waals surface area (Å²) in [6, 6.07) is 11.5. The van der Waals surface area contributed by atoms with E-state index in [1.807, 2.05) is 29.6 Å². The van der Waals surface area contributed by atoms with Crippen LogP contribution in [-0.4, -0.2) is 13.1 Å². The van der Waals surface area contributed by atoms with E-state index in [4.69, 9.17) is 4.42 Å². The lowest BCUT2D eigenvalue weighted by Crippen LogP contribution is -2.29. The van der Waals surface area contributed by atoms with E-state index < -0.39 is 0 Å². The summed E-state index contributed by atoms with van der Waals surface area (Å²) in [7, 11) is 0. The van der Waals surface area contributed by atoms with Crippen LogP contribution >= 0.6 is 11.3 Å². The summed E-state index contributed by atoms with van der Waals surface area (Å²) in [5, 5.41) is 2.65. The molecule has 1 aliphatic heterocycles. The summed E-state index contributed by atoms with van der Waals surface area (Å²) in [6.45, 7) is 2.15. The molecule has 3 heterocycles. The van der Waals surface area contributed by atoms with Crippen LogP contribution in [0.5, 0.6) is 0 Å². The Labute approximate surface area is 132 Å². The zero-order valence-corrected chi connectivity index (χ0v) is 13.1. The molecule has 0 radical (unpaired) electrons. The number of hydrogen-bond donors (Lipinski definition) is 0. The van der Waals surface area contributed by atoms with Gasteiger partial charge in [-0.15, -0.1) is 11.3 Å². The zero-order chi connectivity index (χ0) is 14.9. The lowest BCUT2D eigenvalue weighted by Gasteiger charge is -2.28. The summed E-state index contributed by atoms with van der Waals surface area (Å²) in [4.78, 5) is 15.8. The molecular formula is C18H17NO2S. The normalized spacial score (nSPS) is 15.4. The highest BCUT2D eigenvalue weighted by molar-refractivity contribution is 7.13. The van der Waals surface area contributed by atoms with Gasteiger partial charge in [0.2, 0.25) is 0 Å². The van der Waals surface area contributed by atoms with Gasteiger partial charge < -0.3 is 9.32 Å². The van der Waals surface area contributed by atoms with Crippen LogP contribution in [0.1, 0.15) is 19.3 Å². The number of thiophene rings is 1. The van der Waals surface area contributed by atoms with Gasteiger partial charge in [0.05, 0.1) is 10.3 Å². The fourth-order valence-corrected chi connectivity index (χ4v) is 3.71. The van der Waals surface area contributed by atoms with Crippen molar-refractivity contribution < 1.29 is 4.42 Å². The number of rotatable bonds is 2. The predicted molar refractivity (Wildman–Crippen MR) is 91.9 cm³/mol. The van der Waals surface area contributed by atoms with Crippen molar-refractivity contribution in [3.05, 3.63) is 52.0 Å². The van der Waals surface area contributed by atoms with E-state index in [9.17, 15) is 4.79 Å². The Morgan fingerprint density at radius 2 is 1.91 bits per heavy atom. The molecule has 2 aromatic heterocycles. The van der Waals surface area contributed by atoms with Gasteiger partial charge in [0.15, 0.2) is 5.43 Å². The van der Waals surface area contributed by atoms with Crippen LogP contribution in [0.4, 0.5) is 5.69 Å². The monoisotopic (exact) mass is 311 g/mol. The van der Waals surface area contributed by atoms with Gasteiger partial charge in [0.1, 0.15) is 11.3 Å². The molecule has 0 saturated carbocycles. The van der Waals surface area contributed by atoms with E-state index in [0.717, 1.165) is 23.7 Å². The third-order valence-corrected chi connectivity index (χ3v) is 5.08. The predicted octanol–water partition coefficient (Wildman–Crippen LogP) is 4.51. The molecule has 0 aliphatic carbocycles. The van der Waals surface area contributed by atoms with Gasteiger partial charge in [0, 0.05) is 24.8 Å². The number of anilines is 1. The minimum atomic E-state index is 0.0310. The van der Waals surface area contributed by atoms with E-state index in [1.165, 1.54) is 19.3 Å². The van der Waals surface area contributed by atoms with E-state index in [2.05, 4.69) is 11.0 Å². The van der Waals surface area contributed by atoms with Crippen LogP contribution in [0.25, 0.3) is 21.6 Å². The van der Waals surface area contributed by atoms with Crippen molar-refractivity contribution in [1.82, 2.24) is 0 Å². The van der Waals surface area contributed by atoms with Crippen LogP contribution < -0.4 is 10.3 Å². The van der Waals surface area contributed by atoms with Gasteiger partial charge in [-0.05, 0) is 48.9 Å². The first-order chi connectivity index (χ1) is 10.8. The van der Waals surface area contributed by atoms with Crippen molar-refractivity contribution in [1.29, 1.82) is 0 Å². The van der Waals surface area contributed by atoms with Crippen molar-refractivity contribution >= 4 is 28.0 Å². The van der Waals surface area contributed by atoms with Gasteiger partial charge in [-0.25, -0.2) is 0 Å². The first-order valence-electron chi connectivity index (χ1n) is 7.68. The third-order valence-electron chi connectivity index (χ3n) is 4.20. The first-order valence-corrected chi connectivity index (χ1v) is 8.56. The van der Waals surface area contributed by atoms with Gasteiger partial charge >= 0.3 is 0 Å². The van der Waals surface area contributed by atoms with Crippen LogP contribution in [-0.2, 0) is 0 Å². The lowest BCUT2D eigenvalue weighted by molar-refractivity contribution is 0.577. The minimum absolute atomic E-state index is 0.0310. The quantitative estimate of drug-likeness (QED) is 0.698. The molecule has 3 aromatic rings. The van der Waals surface area contributed by atoms with Crippen LogP contribution in [0, 0.1) is 0 Å². The molecule has 0 spiro atoms. The largest absolute Gasteiger partial charge is 0.455 e. The molecule has 4 heteroatoms. The SMILES string of the molecule is O=c1cc(-c2cccs2)oc2ccc(N3CCCCC3)cc12. The molecule has 3 nitrogen and oxygen atoms in total. The third kappa shape index (κ3) is 2.44. The van der Waals surface area contributed by atoms with Crippen LogP contribution in [0.2, 0.25) is 0 Å². The number of nitrogens with zero attached hydrogens (tertiary/aromatic N) is 1. The average molecular weight is 311 g/mol. The highest BCUT2D eigenvalue weighted by atomic mass is 32.1. The maximum atomic E-state index is 12.5. The first kappa shape index (κ1) is 13.6. The standard InChI is InChI=1S/C18H17NO2S/c20-15-12-17(18-5-4-10-22-18)21-16-7-6-13(11-14(15)16)19-8-2-1-3-9-19/h4-7,10-12H,1-3,8-9H2. The van der Waals surface area contributed by atoms with E-state index >= 15 is 0 Å². The van der Waals surface area contributed by atoms with Gasteiger partial charge in [-0.3, -0.25) is 4.79 Å². The van der Waals surface area contributed by atoms with Gasteiger partial charge in [-0.2, -0.15) is 0 Å². The number of piperidine rings is 1. The van der Waals surface area contributed by atoms with Gasteiger partial charge in [0.25, 0.3) is 0 Å². The smallest absolute Gasteiger partial charge is 0.193 e. The Morgan fingerprint density at radius 3 is 2.68 bits per heavy atom. The molecule has 1 aromatic carbocycles. The van der Waals surface area contributed by atoms with Gasteiger partial charge in [-0.1, -0.05) is 6.07 Å². The fourth-order valence-electron chi connectivity index (χ4n) is 3.03. The average Bonchev–Trinajstić information content (AvgIpc) is 3.10. The minimum Gasteiger partial charge on any atom is -0.455 e. The second-order valence-electron chi connectivity index (χ2n) is 5.68. The molecule has 0 amide bonds. The van der Waals surface area contributed by atoms with Crippen molar-refractivity contribution in [2.45, 2.75) is 19.3 Å². The Balaban J connectivity index is 1.79. The summed E-state index contributed by atoms with van der Waals surface area (Å²) >= 11 is 1.58. The summed E-state index contributed by atoms with van der Waals surface area (Å²) in [5.74, 6) is 0.651. The van der Waals surface area contributed by atoms with Crippen LogP contribution in [0.3, 0.4) is 0 Å². The van der Waals surface area contributed by atoms with Crippen molar-refractivity contribution in [2.24, 2.45) is 0 Å². The summed E-state index contributed by atoms with van der Waals surface area (Å²) < 4.78 is 5.92. The van der Waals surface area contributed by atoms with E-state index in [1.54, 1.807) is 17.4 Å². The van der Waals surface area contributed by atoms with Crippen LogP contribution in [0.15, 0.2) is 51.0 Å². The fraction of sp³-hybridized carbons (Fsp3) is 0.278. The molecule has 0 unspecified atom stereocenters. The van der Waals surface area contributed by atoms with Crippen molar-refractivity contribution in [3.8, 4) is 10.6 Å². The molecule has 1 fully saturated rings. The Bertz CT molecular complexity index is 845. The van der Waals surface area contributed by atoms with Crippen molar-refractivity contribution in [2.75, 3.05) is 18.0 Å². The lowest BCUT2D eigenvalue weighted by atomic mass is 10.1. The molecule has 112 valence electrons. The zero-order valence-electron chi connectivity index (χ0n) is 12.2. The topological polar surface area (TPSA) is 33.5 Å². The molecule has 0 atom stereocenters. The molecule has 0 N–H and O–H groups in total. The molecule has 22 heavy (non-hydrogen) atoms. The maximum Gasteiger partial charge on any atom is 0.193 e. The Hall–Kier alpha value is -2.07. The Morgan fingerprint density at radius 1 is 1.05 bits per heavy atom. The number of fused-ring (bicyclic) bond motifs is 1. The van der Waals surface area contributed by atoms with E-state index in [-0.39, 0.29) is 5.43 Å².